The van der Waals surface area contributed by atoms with Crippen LogP contribution in [-0.2, 0) is 20.8 Å². The molecule has 9 heteroatoms. The molecule has 2 aromatic carbocycles. The number of aromatic hydroxyl groups is 3. The number of carbonyl (C=O) groups excluding carboxylic acids is 2. The van der Waals surface area contributed by atoms with Crippen LogP contribution in [0.2, 0.25) is 0 Å². The number of hydrogen-bond donors (Lipinski definition) is 6. The highest BCUT2D eigenvalue weighted by atomic mass is 16.4. The molecule has 2 aromatic rings. The maximum absolute atomic E-state index is 12.4. The second-order valence-electron chi connectivity index (χ2n) is 6.90. The van der Waals surface area contributed by atoms with E-state index in [2.05, 4.69) is 10.6 Å². The second kappa shape index (κ2) is 10.7. The molecule has 0 aliphatic heterocycles. The predicted octanol–water partition coefficient (Wildman–Crippen LogP) is 1.44. The smallest absolute Gasteiger partial charge is 0.305 e. The largest absolute Gasteiger partial charge is 0.508 e. The highest BCUT2D eigenvalue weighted by Gasteiger charge is 2.22. The Hall–Kier alpha value is -4.01. The van der Waals surface area contributed by atoms with Gasteiger partial charge in [-0.25, -0.2) is 0 Å². The lowest BCUT2D eigenvalue weighted by Gasteiger charge is -2.16. The Morgan fingerprint density at radius 2 is 1.71 bits per heavy atom. The molecular formula is C22H24N2O7. The molecule has 0 unspecified atom stereocenters. The first-order chi connectivity index (χ1) is 14.7. The van der Waals surface area contributed by atoms with Gasteiger partial charge in [0.15, 0.2) is 11.5 Å². The van der Waals surface area contributed by atoms with E-state index < -0.39 is 30.2 Å². The van der Waals surface area contributed by atoms with Gasteiger partial charge in [0.05, 0.1) is 6.42 Å². The monoisotopic (exact) mass is 428 g/mol. The first kappa shape index (κ1) is 23.3. The molecule has 0 saturated carbocycles. The molecule has 31 heavy (non-hydrogen) atoms. The zero-order valence-electron chi connectivity index (χ0n) is 16.8. The minimum Gasteiger partial charge on any atom is -0.508 e. The molecule has 0 aromatic heterocycles. The number of nitrogens with one attached hydrogen (secondary N) is 2. The summed E-state index contributed by atoms with van der Waals surface area (Å²) < 4.78 is 0. The third-order valence-electron chi connectivity index (χ3n) is 4.41. The Morgan fingerprint density at radius 3 is 2.35 bits per heavy atom. The number of aliphatic carboxylic acids is 1. The lowest BCUT2D eigenvalue weighted by atomic mass is 10.1. The number of carboxylic acid groups (broad SMARTS) is 1. The maximum Gasteiger partial charge on any atom is 0.305 e. The van der Waals surface area contributed by atoms with E-state index in [9.17, 15) is 29.7 Å². The summed E-state index contributed by atoms with van der Waals surface area (Å²) in [6, 6.07) is 7.74. The van der Waals surface area contributed by atoms with Gasteiger partial charge in [0.25, 0.3) is 0 Å². The number of phenols is 3. The van der Waals surface area contributed by atoms with Crippen molar-refractivity contribution in [3.05, 3.63) is 59.2 Å². The lowest BCUT2D eigenvalue weighted by Crippen LogP contribution is -2.47. The number of rotatable bonds is 9. The number of hydrogen-bond acceptors (Lipinski definition) is 6. The van der Waals surface area contributed by atoms with Gasteiger partial charge in [0.2, 0.25) is 11.8 Å². The fourth-order valence-corrected chi connectivity index (χ4v) is 2.75. The molecule has 0 saturated heterocycles. The minimum absolute atomic E-state index is 0.174. The van der Waals surface area contributed by atoms with Crippen molar-refractivity contribution in [3.63, 3.8) is 0 Å². The summed E-state index contributed by atoms with van der Waals surface area (Å²) in [5.74, 6) is -3.06. The molecule has 0 aliphatic rings. The van der Waals surface area contributed by atoms with Crippen molar-refractivity contribution in [3.8, 4) is 17.2 Å². The van der Waals surface area contributed by atoms with Crippen molar-refractivity contribution in [2.75, 3.05) is 6.54 Å². The number of benzene rings is 2. The number of carboxylic acids is 1. The summed E-state index contributed by atoms with van der Waals surface area (Å²) in [5.41, 5.74) is 2.01. The van der Waals surface area contributed by atoms with E-state index in [1.807, 2.05) is 0 Å². The second-order valence-corrected chi connectivity index (χ2v) is 6.90. The zero-order chi connectivity index (χ0) is 23.0. The Balaban J connectivity index is 1.94. The topological polar surface area (TPSA) is 156 Å². The first-order valence-corrected chi connectivity index (χ1v) is 9.44. The molecular weight excluding hydrogens is 404 g/mol. The molecule has 0 radical (unpaired) electrons. The van der Waals surface area contributed by atoms with Gasteiger partial charge in [0.1, 0.15) is 11.8 Å². The van der Waals surface area contributed by atoms with E-state index in [0.29, 0.717) is 17.5 Å². The first-order valence-electron chi connectivity index (χ1n) is 9.44. The van der Waals surface area contributed by atoms with Gasteiger partial charge in [0, 0.05) is 12.6 Å². The lowest BCUT2D eigenvalue weighted by molar-refractivity contribution is -0.140. The average Bonchev–Trinajstić information content (AvgIpc) is 2.70. The molecule has 0 bridgehead atoms. The van der Waals surface area contributed by atoms with Crippen LogP contribution >= 0.6 is 0 Å². The van der Waals surface area contributed by atoms with Crippen molar-refractivity contribution in [1.82, 2.24) is 10.6 Å². The van der Waals surface area contributed by atoms with Crippen LogP contribution in [0.3, 0.4) is 0 Å². The van der Waals surface area contributed by atoms with Crippen LogP contribution in [0, 0.1) is 6.92 Å². The van der Waals surface area contributed by atoms with Gasteiger partial charge in [-0.2, -0.15) is 0 Å². The van der Waals surface area contributed by atoms with Crippen LogP contribution in [0.25, 0.3) is 6.08 Å². The highest BCUT2D eigenvalue weighted by molar-refractivity contribution is 5.96. The van der Waals surface area contributed by atoms with Gasteiger partial charge in [-0.3, -0.25) is 14.4 Å². The molecule has 2 rings (SSSR count). The summed E-state index contributed by atoms with van der Waals surface area (Å²) in [4.78, 5) is 35.6. The standard InChI is InChI=1S/C22H24N2O7/c1-13-10-15(2-5-17(13)25)8-9-23-22(31)16(12-21(29)30)24-20(28)7-4-14-3-6-18(26)19(27)11-14/h2-7,10-11,16,25-27H,8-9,12H2,1H3,(H,23,31)(H,24,28)(H,29,30)/b7-4+/t16-/m0/s1. The summed E-state index contributed by atoms with van der Waals surface area (Å²) >= 11 is 0. The summed E-state index contributed by atoms with van der Waals surface area (Å²) in [6.07, 6.45) is 2.30. The minimum atomic E-state index is -1.27. The van der Waals surface area contributed by atoms with E-state index >= 15 is 0 Å². The molecule has 164 valence electrons. The van der Waals surface area contributed by atoms with E-state index in [1.165, 1.54) is 24.3 Å². The van der Waals surface area contributed by atoms with Crippen LogP contribution in [0.15, 0.2) is 42.5 Å². The SMILES string of the molecule is Cc1cc(CCNC(=O)[C@H](CC(=O)O)NC(=O)/C=C/c2ccc(O)c(O)c2)ccc1O. The number of aryl methyl sites for hydroxylation is 1. The predicted molar refractivity (Wildman–Crippen MR) is 113 cm³/mol. The molecule has 0 fully saturated rings. The van der Waals surface area contributed by atoms with Gasteiger partial charge in [-0.1, -0.05) is 18.2 Å². The van der Waals surface area contributed by atoms with Crippen LogP contribution < -0.4 is 10.6 Å². The van der Waals surface area contributed by atoms with E-state index in [4.69, 9.17) is 5.11 Å². The summed E-state index contributed by atoms with van der Waals surface area (Å²) in [7, 11) is 0. The fourth-order valence-electron chi connectivity index (χ4n) is 2.75. The van der Waals surface area contributed by atoms with Crippen molar-refractivity contribution in [2.24, 2.45) is 0 Å². The van der Waals surface area contributed by atoms with E-state index in [-0.39, 0.29) is 23.8 Å². The molecule has 9 nitrogen and oxygen atoms in total. The number of carbonyl (C=O) groups is 3. The molecule has 0 heterocycles. The Bertz CT molecular complexity index is 1000. The van der Waals surface area contributed by atoms with Crippen LogP contribution in [-0.4, -0.2) is 50.8 Å². The molecule has 0 aliphatic carbocycles. The zero-order valence-corrected chi connectivity index (χ0v) is 16.8. The molecule has 1 atom stereocenters. The highest BCUT2D eigenvalue weighted by Crippen LogP contribution is 2.25. The third-order valence-corrected chi connectivity index (χ3v) is 4.41. The summed E-state index contributed by atoms with van der Waals surface area (Å²) in [5, 5.41) is 42.3. The summed E-state index contributed by atoms with van der Waals surface area (Å²) in [6.45, 7) is 1.97. The van der Waals surface area contributed by atoms with Gasteiger partial charge in [-0.15, -0.1) is 0 Å². The molecule has 6 N–H and O–H groups in total. The Morgan fingerprint density at radius 1 is 1.00 bits per heavy atom. The van der Waals surface area contributed by atoms with Crippen LogP contribution in [0.1, 0.15) is 23.1 Å². The number of amides is 2. The Kier molecular flexibility index (Phi) is 8.01. The van der Waals surface area contributed by atoms with Crippen molar-refractivity contribution < 1.29 is 34.8 Å². The van der Waals surface area contributed by atoms with Crippen molar-refractivity contribution in [2.45, 2.75) is 25.8 Å². The molecule has 2 amide bonds. The van der Waals surface area contributed by atoms with E-state index in [0.717, 1.165) is 11.6 Å². The van der Waals surface area contributed by atoms with Gasteiger partial charge >= 0.3 is 5.97 Å². The van der Waals surface area contributed by atoms with Gasteiger partial charge < -0.3 is 31.1 Å². The van der Waals surface area contributed by atoms with E-state index in [1.54, 1.807) is 25.1 Å². The van der Waals surface area contributed by atoms with Crippen LogP contribution in [0.4, 0.5) is 0 Å². The maximum atomic E-state index is 12.4. The number of phenolic OH excluding ortho intramolecular Hbond substituents is 3. The molecule has 0 spiro atoms. The quantitative estimate of drug-likeness (QED) is 0.261. The van der Waals surface area contributed by atoms with Gasteiger partial charge in [-0.05, 0) is 54.3 Å². The van der Waals surface area contributed by atoms with Crippen molar-refractivity contribution >= 4 is 23.9 Å². The fraction of sp³-hybridized carbons (Fsp3) is 0.227. The van der Waals surface area contributed by atoms with Crippen molar-refractivity contribution in [1.29, 1.82) is 0 Å². The normalized spacial score (nSPS) is 11.8. The Labute approximate surface area is 178 Å². The van der Waals surface area contributed by atoms with Crippen LogP contribution in [0.5, 0.6) is 17.2 Å². The average molecular weight is 428 g/mol. The third kappa shape index (κ3) is 7.39.